The van der Waals surface area contributed by atoms with Crippen molar-refractivity contribution in [2.45, 2.75) is 64.1 Å². The van der Waals surface area contributed by atoms with Crippen molar-refractivity contribution in [3.8, 4) is 0 Å². The molecule has 0 aromatic carbocycles. The van der Waals surface area contributed by atoms with Gasteiger partial charge in [0.25, 0.3) is 0 Å². The van der Waals surface area contributed by atoms with E-state index in [9.17, 15) is 4.79 Å². The van der Waals surface area contributed by atoms with Gasteiger partial charge in [-0.2, -0.15) is 0 Å². The van der Waals surface area contributed by atoms with E-state index < -0.39 is 0 Å². The molecule has 1 amide bonds. The third-order valence-electron chi connectivity index (χ3n) is 3.90. The van der Waals surface area contributed by atoms with E-state index in [1.54, 1.807) is 0 Å². The van der Waals surface area contributed by atoms with E-state index in [2.05, 4.69) is 5.32 Å². The Morgan fingerprint density at radius 3 is 2.47 bits per heavy atom. The van der Waals surface area contributed by atoms with Gasteiger partial charge in [-0.1, -0.05) is 19.3 Å². The monoisotopic (exact) mass is 242 g/mol. The molecule has 0 aromatic heterocycles. The van der Waals surface area contributed by atoms with Gasteiger partial charge in [0.1, 0.15) is 0 Å². The van der Waals surface area contributed by atoms with Crippen LogP contribution >= 0.6 is 0 Å². The lowest BCUT2D eigenvalue weighted by Gasteiger charge is -2.31. The smallest absolute Gasteiger partial charge is 0.237 e. The second kappa shape index (κ2) is 6.97. The van der Waals surface area contributed by atoms with E-state index in [4.69, 9.17) is 5.11 Å². The van der Waals surface area contributed by atoms with Crippen LogP contribution in [0, 0.1) is 0 Å². The van der Waals surface area contributed by atoms with Gasteiger partial charge in [0.05, 0.1) is 12.6 Å². The van der Waals surface area contributed by atoms with Gasteiger partial charge in [0.15, 0.2) is 0 Å². The van der Waals surface area contributed by atoms with Crippen LogP contribution in [0.25, 0.3) is 0 Å². The molecule has 2 N–H and O–H groups in total. The third-order valence-corrected chi connectivity index (χ3v) is 3.90. The van der Waals surface area contributed by atoms with Crippen LogP contribution in [0.15, 0.2) is 0 Å². The van der Waals surface area contributed by atoms with Crippen LogP contribution in [0.3, 0.4) is 0 Å². The molecule has 0 radical (unpaired) electrons. The van der Waals surface area contributed by atoms with Gasteiger partial charge < -0.3 is 10.4 Å². The second-order valence-corrected chi connectivity index (χ2v) is 5.22. The Bertz CT molecular complexity index is 240. The van der Waals surface area contributed by atoms with Crippen molar-refractivity contribution in [1.82, 2.24) is 10.2 Å². The maximum absolute atomic E-state index is 12.0. The highest BCUT2D eigenvalue weighted by Gasteiger charge is 2.24. The van der Waals surface area contributed by atoms with Crippen LogP contribution in [0.1, 0.15) is 46.0 Å². The van der Waals surface area contributed by atoms with Crippen molar-refractivity contribution < 1.29 is 9.90 Å². The maximum Gasteiger partial charge on any atom is 0.237 e. The SMILES string of the molecule is CC(CO)N(C)C(C)C(=O)NC1CCCCC1. The largest absolute Gasteiger partial charge is 0.395 e. The van der Waals surface area contributed by atoms with Gasteiger partial charge >= 0.3 is 0 Å². The number of likely N-dealkylation sites (N-methyl/N-ethyl adjacent to an activating group) is 1. The van der Waals surface area contributed by atoms with Crippen molar-refractivity contribution in [2.24, 2.45) is 0 Å². The molecule has 1 aliphatic carbocycles. The molecular formula is C13H26N2O2. The van der Waals surface area contributed by atoms with E-state index in [0.717, 1.165) is 12.8 Å². The van der Waals surface area contributed by atoms with E-state index >= 15 is 0 Å². The first-order valence-electron chi connectivity index (χ1n) is 6.69. The maximum atomic E-state index is 12.0. The summed E-state index contributed by atoms with van der Waals surface area (Å²) >= 11 is 0. The summed E-state index contributed by atoms with van der Waals surface area (Å²) < 4.78 is 0. The number of aliphatic hydroxyl groups excluding tert-OH is 1. The first-order valence-corrected chi connectivity index (χ1v) is 6.69. The number of hydrogen-bond acceptors (Lipinski definition) is 3. The summed E-state index contributed by atoms with van der Waals surface area (Å²) in [6.07, 6.45) is 5.96. The standard InChI is InChI=1S/C13H26N2O2/c1-10(9-16)15(3)11(2)13(17)14-12-7-5-4-6-8-12/h10-12,16H,4-9H2,1-3H3,(H,14,17). The fraction of sp³-hybridized carbons (Fsp3) is 0.923. The number of nitrogens with zero attached hydrogens (tertiary/aromatic N) is 1. The molecule has 0 aliphatic heterocycles. The predicted molar refractivity (Wildman–Crippen MR) is 68.8 cm³/mol. The minimum Gasteiger partial charge on any atom is -0.395 e. The highest BCUT2D eigenvalue weighted by atomic mass is 16.3. The fourth-order valence-electron chi connectivity index (χ4n) is 2.26. The molecule has 0 spiro atoms. The van der Waals surface area contributed by atoms with Crippen molar-refractivity contribution in [3.05, 3.63) is 0 Å². The highest BCUT2D eigenvalue weighted by molar-refractivity contribution is 5.81. The average Bonchev–Trinajstić information content (AvgIpc) is 2.37. The van der Waals surface area contributed by atoms with Crippen molar-refractivity contribution >= 4 is 5.91 Å². The predicted octanol–water partition coefficient (Wildman–Crippen LogP) is 1.14. The topological polar surface area (TPSA) is 52.6 Å². The summed E-state index contributed by atoms with van der Waals surface area (Å²) in [5.74, 6) is 0.0831. The van der Waals surface area contributed by atoms with Crippen LogP contribution < -0.4 is 5.32 Å². The Morgan fingerprint density at radius 2 is 1.94 bits per heavy atom. The van der Waals surface area contributed by atoms with Crippen LogP contribution in [0.5, 0.6) is 0 Å². The molecule has 0 heterocycles. The average molecular weight is 242 g/mol. The highest BCUT2D eigenvalue weighted by Crippen LogP contribution is 2.17. The molecule has 4 nitrogen and oxygen atoms in total. The lowest BCUT2D eigenvalue weighted by Crippen LogP contribution is -2.50. The molecule has 1 saturated carbocycles. The Kier molecular flexibility index (Phi) is 5.92. The molecule has 0 saturated heterocycles. The molecule has 1 rings (SSSR count). The molecule has 1 fully saturated rings. The summed E-state index contributed by atoms with van der Waals surface area (Å²) in [7, 11) is 1.88. The van der Waals surface area contributed by atoms with E-state index in [1.807, 2.05) is 25.8 Å². The molecule has 0 bridgehead atoms. The van der Waals surface area contributed by atoms with Crippen LogP contribution in [0.4, 0.5) is 0 Å². The Hall–Kier alpha value is -0.610. The third kappa shape index (κ3) is 4.28. The zero-order valence-electron chi connectivity index (χ0n) is 11.3. The van der Waals surface area contributed by atoms with Crippen LogP contribution in [-0.2, 0) is 4.79 Å². The Morgan fingerprint density at radius 1 is 1.35 bits per heavy atom. The first-order chi connectivity index (χ1) is 8.06. The zero-order chi connectivity index (χ0) is 12.8. The molecule has 4 heteroatoms. The summed E-state index contributed by atoms with van der Waals surface area (Å²) in [6, 6.07) is 0.192. The number of carbonyl (C=O) groups is 1. The van der Waals surface area contributed by atoms with Gasteiger partial charge in [-0.25, -0.2) is 0 Å². The molecule has 2 unspecified atom stereocenters. The van der Waals surface area contributed by atoms with E-state index in [-0.39, 0.29) is 24.6 Å². The van der Waals surface area contributed by atoms with Gasteiger partial charge in [-0.3, -0.25) is 9.69 Å². The minimum absolute atomic E-state index is 0.0158. The molecule has 0 aromatic rings. The summed E-state index contributed by atoms with van der Waals surface area (Å²) in [5.41, 5.74) is 0. The number of aliphatic hydroxyl groups is 1. The molecule has 17 heavy (non-hydrogen) atoms. The summed E-state index contributed by atoms with van der Waals surface area (Å²) in [5, 5.41) is 12.2. The minimum atomic E-state index is -0.181. The fourth-order valence-corrected chi connectivity index (χ4v) is 2.26. The van der Waals surface area contributed by atoms with Crippen molar-refractivity contribution in [2.75, 3.05) is 13.7 Å². The van der Waals surface area contributed by atoms with Gasteiger partial charge in [0, 0.05) is 12.1 Å². The summed E-state index contributed by atoms with van der Waals surface area (Å²) in [4.78, 5) is 14.0. The lowest BCUT2D eigenvalue weighted by molar-refractivity contribution is -0.127. The number of rotatable bonds is 5. The van der Waals surface area contributed by atoms with Gasteiger partial charge in [-0.05, 0) is 33.7 Å². The van der Waals surface area contributed by atoms with Crippen molar-refractivity contribution in [1.29, 1.82) is 0 Å². The molecule has 1 aliphatic rings. The van der Waals surface area contributed by atoms with E-state index in [1.165, 1.54) is 19.3 Å². The molecular weight excluding hydrogens is 216 g/mol. The zero-order valence-corrected chi connectivity index (χ0v) is 11.3. The lowest BCUT2D eigenvalue weighted by atomic mass is 9.95. The Balaban J connectivity index is 2.40. The Labute approximate surface area is 104 Å². The van der Waals surface area contributed by atoms with Gasteiger partial charge in [0.2, 0.25) is 5.91 Å². The second-order valence-electron chi connectivity index (χ2n) is 5.22. The van der Waals surface area contributed by atoms with E-state index in [0.29, 0.717) is 6.04 Å². The molecule has 2 atom stereocenters. The summed E-state index contributed by atoms with van der Waals surface area (Å²) in [6.45, 7) is 3.90. The number of carbonyl (C=O) groups excluding carboxylic acids is 1. The van der Waals surface area contributed by atoms with Crippen LogP contribution in [0.2, 0.25) is 0 Å². The number of amides is 1. The van der Waals surface area contributed by atoms with Gasteiger partial charge in [-0.15, -0.1) is 0 Å². The number of hydrogen-bond donors (Lipinski definition) is 2. The first kappa shape index (κ1) is 14.5. The van der Waals surface area contributed by atoms with Crippen molar-refractivity contribution in [3.63, 3.8) is 0 Å². The van der Waals surface area contributed by atoms with Crippen LogP contribution in [-0.4, -0.2) is 47.7 Å². The molecule has 100 valence electrons. The number of nitrogens with one attached hydrogen (secondary N) is 1. The quantitative estimate of drug-likeness (QED) is 0.760. The normalized spacial score (nSPS) is 21.2.